The van der Waals surface area contributed by atoms with Gasteiger partial charge in [0.1, 0.15) is 5.76 Å². The van der Waals surface area contributed by atoms with E-state index in [1.54, 1.807) is 0 Å². The lowest BCUT2D eigenvalue weighted by Gasteiger charge is -2.30. The molecule has 1 aliphatic carbocycles. The molecule has 0 atom stereocenters. The third-order valence-corrected chi connectivity index (χ3v) is 4.59. The SMILES string of the molecule is Cc1nc(CN2CCC(CN=C(N)NC3CC3)CC2)oc1C.I. The molecule has 2 fully saturated rings. The molecular formula is C16H28IN5O. The third kappa shape index (κ3) is 5.63. The van der Waals surface area contributed by atoms with Crippen molar-refractivity contribution in [2.75, 3.05) is 19.6 Å². The van der Waals surface area contributed by atoms with Crippen LogP contribution in [0.15, 0.2) is 9.41 Å². The molecule has 0 amide bonds. The lowest BCUT2D eigenvalue weighted by Crippen LogP contribution is -2.36. The summed E-state index contributed by atoms with van der Waals surface area (Å²) in [5.74, 6) is 3.03. The Morgan fingerprint density at radius 2 is 2.00 bits per heavy atom. The zero-order valence-electron chi connectivity index (χ0n) is 14.0. The van der Waals surface area contributed by atoms with Crippen LogP contribution >= 0.6 is 24.0 Å². The molecular weight excluding hydrogens is 405 g/mol. The summed E-state index contributed by atoms with van der Waals surface area (Å²) in [5, 5.41) is 3.24. The number of nitrogens with two attached hydrogens (primary N) is 1. The monoisotopic (exact) mass is 433 g/mol. The highest BCUT2D eigenvalue weighted by Gasteiger charge is 2.23. The van der Waals surface area contributed by atoms with E-state index in [2.05, 4.69) is 20.2 Å². The fraction of sp³-hybridized carbons (Fsp3) is 0.750. The number of nitrogens with zero attached hydrogens (tertiary/aromatic N) is 3. The molecule has 6 nitrogen and oxygen atoms in total. The Balaban J connectivity index is 0.00000192. The maximum atomic E-state index is 5.89. The van der Waals surface area contributed by atoms with E-state index in [0.29, 0.717) is 17.9 Å². The zero-order chi connectivity index (χ0) is 15.5. The van der Waals surface area contributed by atoms with Gasteiger partial charge < -0.3 is 15.5 Å². The average Bonchev–Trinajstić information content (AvgIpc) is 3.24. The zero-order valence-corrected chi connectivity index (χ0v) is 16.4. The lowest BCUT2D eigenvalue weighted by molar-refractivity contribution is 0.166. The summed E-state index contributed by atoms with van der Waals surface area (Å²) < 4.78 is 5.67. The van der Waals surface area contributed by atoms with E-state index in [1.807, 2.05) is 13.8 Å². The second kappa shape index (κ2) is 8.32. The van der Waals surface area contributed by atoms with E-state index in [9.17, 15) is 0 Å². The highest BCUT2D eigenvalue weighted by molar-refractivity contribution is 14.0. The summed E-state index contributed by atoms with van der Waals surface area (Å²) in [5.41, 5.74) is 6.88. The Labute approximate surface area is 155 Å². The third-order valence-electron chi connectivity index (χ3n) is 4.59. The van der Waals surface area contributed by atoms with Crippen LogP contribution in [-0.2, 0) is 6.54 Å². The maximum absolute atomic E-state index is 5.89. The van der Waals surface area contributed by atoms with E-state index >= 15 is 0 Å². The molecule has 1 aromatic rings. The predicted molar refractivity (Wildman–Crippen MR) is 102 cm³/mol. The van der Waals surface area contributed by atoms with Gasteiger partial charge in [-0.15, -0.1) is 24.0 Å². The number of nitrogens with one attached hydrogen (secondary N) is 1. The number of guanidine groups is 1. The van der Waals surface area contributed by atoms with Gasteiger partial charge in [0, 0.05) is 12.6 Å². The van der Waals surface area contributed by atoms with Crippen LogP contribution in [0.5, 0.6) is 0 Å². The first kappa shape index (κ1) is 18.5. The normalized spacial score (nSPS) is 20.3. The number of hydrogen-bond acceptors (Lipinski definition) is 4. The minimum absolute atomic E-state index is 0. The molecule has 1 saturated carbocycles. The highest BCUT2D eigenvalue weighted by atomic mass is 127. The number of piperidine rings is 1. The van der Waals surface area contributed by atoms with E-state index in [0.717, 1.165) is 43.5 Å². The van der Waals surface area contributed by atoms with Gasteiger partial charge in [-0.05, 0) is 58.5 Å². The minimum atomic E-state index is 0. The number of aryl methyl sites for hydroxylation is 2. The van der Waals surface area contributed by atoms with Gasteiger partial charge >= 0.3 is 0 Å². The van der Waals surface area contributed by atoms with Crippen LogP contribution in [0.4, 0.5) is 0 Å². The van der Waals surface area contributed by atoms with Gasteiger partial charge in [0.25, 0.3) is 0 Å². The smallest absolute Gasteiger partial charge is 0.208 e. The molecule has 3 N–H and O–H groups in total. The Hall–Kier alpha value is -0.830. The molecule has 2 heterocycles. The number of halogens is 1. The number of hydrogen-bond donors (Lipinski definition) is 2. The van der Waals surface area contributed by atoms with Crippen molar-refractivity contribution in [3.05, 3.63) is 17.3 Å². The maximum Gasteiger partial charge on any atom is 0.208 e. The molecule has 2 aliphatic rings. The molecule has 1 aliphatic heterocycles. The predicted octanol–water partition coefficient (Wildman–Crippen LogP) is 2.19. The number of likely N-dealkylation sites (tertiary alicyclic amines) is 1. The topological polar surface area (TPSA) is 79.7 Å². The van der Waals surface area contributed by atoms with Crippen LogP contribution in [0, 0.1) is 19.8 Å². The number of aliphatic imine (C=N–C) groups is 1. The van der Waals surface area contributed by atoms with Crippen molar-refractivity contribution in [3.63, 3.8) is 0 Å². The fourth-order valence-corrected chi connectivity index (χ4v) is 2.84. The molecule has 23 heavy (non-hydrogen) atoms. The molecule has 0 radical (unpaired) electrons. The molecule has 3 rings (SSSR count). The first-order valence-corrected chi connectivity index (χ1v) is 8.32. The quantitative estimate of drug-likeness (QED) is 0.423. The van der Waals surface area contributed by atoms with Crippen molar-refractivity contribution in [1.29, 1.82) is 0 Å². The van der Waals surface area contributed by atoms with Gasteiger partial charge in [-0.2, -0.15) is 0 Å². The van der Waals surface area contributed by atoms with Crippen LogP contribution in [0.3, 0.4) is 0 Å². The van der Waals surface area contributed by atoms with Crippen LogP contribution in [0.2, 0.25) is 0 Å². The van der Waals surface area contributed by atoms with Crippen molar-refractivity contribution in [1.82, 2.24) is 15.2 Å². The Morgan fingerprint density at radius 3 is 2.57 bits per heavy atom. The fourth-order valence-electron chi connectivity index (χ4n) is 2.84. The Bertz CT molecular complexity index is 513. The summed E-state index contributed by atoms with van der Waals surface area (Å²) in [6.07, 6.45) is 4.79. The second-order valence-corrected chi connectivity index (χ2v) is 6.61. The first-order valence-electron chi connectivity index (χ1n) is 8.32. The van der Waals surface area contributed by atoms with Gasteiger partial charge in [0.2, 0.25) is 5.89 Å². The first-order chi connectivity index (χ1) is 10.6. The van der Waals surface area contributed by atoms with E-state index in [-0.39, 0.29) is 24.0 Å². The van der Waals surface area contributed by atoms with Crippen LogP contribution in [0.25, 0.3) is 0 Å². The molecule has 0 unspecified atom stereocenters. The Morgan fingerprint density at radius 1 is 1.30 bits per heavy atom. The average molecular weight is 433 g/mol. The second-order valence-electron chi connectivity index (χ2n) is 6.61. The minimum Gasteiger partial charge on any atom is -0.444 e. The molecule has 1 saturated heterocycles. The van der Waals surface area contributed by atoms with Crippen molar-refractivity contribution < 1.29 is 4.42 Å². The van der Waals surface area contributed by atoms with Gasteiger partial charge in [0.05, 0.1) is 12.2 Å². The van der Waals surface area contributed by atoms with E-state index in [1.165, 1.54) is 25.7 Å². The van der Waals surface area contributed by atoms with Crippen molar-refractivity contribution >= 4 is 29.9 Å². The molecule has 130 valence electrons. The van der Waals surface area contributed by atoms with Crippen molar-refractivity contribution in [2.45, 2.75) is 52.1 Å². The number of aromatic nitrogens is 1. The standard InChI is InChI=1S/C16H27N5O.HI/c1-11-12(2)22-15(19-11)10-21-7-5-13(6-8-21)9-18-16(17)20-14-3-4-14;/h13-14H,3-10H2,1-2H3,(H3,17,18,20);1H. The van der Waals surface area contributed by atoms with Crippen molar-refractivity contribution in [2.24, 2.45) is 16.6 Å². The van der Waals surface area contributed by atoms with Crippen LogP contribution in [-0.4, -0.2) is 41.5 Å². The summed E-state index contributed by atoms with van der Waals surface area (Å²) >= 11 is 0. The van der Waals surface area contributed by atoms with Crippen LogP contribution < -0.4 is 11.1 Å². The van der Waals surface area contributed by atoms with E-state index in [4.69, 9.17) is 10.2 Å². The van der Waals surface area contributed by atoms with E-state index < -0.39 is 0 Å². The number of oxazole rings is 1. The van der Waals surface area contributed by atoms with Gasteiger partial charge in [-0.1, -0.05) is 0 Å². The molecule has 7 heteroatoms. The van der Waals surface area contributed by atoms with Gasteiger partial charge in [-0.25, -0.2) is 4.98 Å². The summed E-state index contributed by atoms with van der Waals surface area (Å²) in [6, 6.07) is 0.582. The highest BCUT2D eigenvalue weighted by Crippen LogP contribution is 2.20. The van der Waals surface area contributed by atoms with Crippen LogP contribution in [0.1, 0.15) is 43.0 Å². The van der Waals surface area contributed by atoms with Gasteiger partial charge in [0.15, 0.2) is 5.96 Å². The molecule has 0 bridgehead atoms. The summed E-state index contributed by atoms with van der Waals surface area (Å²) in [4.78, 5) is 11.4. The lowest BCUT2D eigenvalue weighted by atomic mass is 9.97. The largest absolute Gasteiger partial charge is 0.444 e. The molecule has 0 spiro atoms. The summed E-state index contributed by atoms with van der Waals surface area (Å²) in [7, 11) is 0. The summed E-state index contributed by atoms with van der Waals surface area (Å²) in [6.45, 7) is 7.78. The Kier molecular flexibility index (Phi) is 6.70. The van der Waals surface area contributed by atoms with Gasteiger partial charge in [-0.3, -0.25) is 9.89 Å². The molecule has 1 aromatic heterocycles. The number of rotatable bonds is 5. The van der Waals surface area contributed by atoms with Crippen molar-refractivity contribution in [3.8, 4) is 0 Å². The molecule has 0 aromatic carbocycles.